The van der Waals surface area contributed by atoms with E-state index in [4.69, 9.17) is 11.6 Å². The number of halogens is 1. The van der Waals surface area contributed by atoms with Gasteiger partial charge in [-0.3, -0.25) is 0 Å². The maximum Gasteiger partial charge on any atom is 0.0659 e. The first-order valence-corrected chi connectivity index (χ1v) is 6.17. The Morgan fingerprint density at radius 3 is 2.50 bits per heavy atom. The van der Waals surface area contributed by atoms with Crippen molar-refractivity contribution < 1.29 is 0 Å². The summed E-state index contributed by atoms with van der Waals surface area (Å²) in [5.74, 6) is 0.869. The Morgan fingerprint density at radius 2 is 2.00 bits per heavy atom. The van der Waals surface area contributed by atoms with E-state index in [1.807, 2.05) is 25.1 Å². The quantitative estimate of drug-likeness (QED) is 0.866. The zero-order chi connectivity index (χ0) is 11.7. The van der Waals surface area contributed by atoms with Crippen LogP contribution in [0, 0.1) is 5.92 Å². The van der Waals surface area contributed by atoms with E-state index >= 15 is 0 Å². The molecule has 1 aromatic rings. The standard InChI is InChI=1S/C13H19ClN2/c1-9-6-11(7-9)15-10-4-5-13(16(2)3)12(14)8-10/h4-5,8-9,11,15H,6-7H2,1-3H3. The molecule has 2 rings (SSSR count). The third-order valence-corrected chi connectivity index (χ3v) is 3.48. The van der Waals surface area contributed by atoms with Gasteiger partial charge in [0.05, 0.1) is 10.7 Å². The zero-order valence-corrected chi connectivity index (χ0v) is 10.9. The molecule has 1 aromatic carbocycles. The molecular weight excluding hydrogens is 220 g/mol. The summed E-state index contributed by atoms with van der Waals surface area (Å²) in [6, 6.07) is 6.81. The van der Waals surface area contributed by atoms with Crippen molar-refractivity contribution in [3.05, 3.63) is 23.2 Å². The number of hydrogen-bond acceptors (Lipinski definition) is 2. The Bertz CT molecular complexity index is 370. The van der Waals surface area contributed by atoms with Crippen LogP contribution in [0.2, 0.25) is 5.02 Å². The van der Waals surface area contributed by atoms with E-state index in [1.165, 1.54) is 12.8 Å². The highest BCUT2D eigenvalue weighted by Gasteiger charge is 2.24. The lowest BCUT2D eigenvalue weighted by atomic mass is 9.82. The van der Waals surface area contributed by atoms with Crippen molar-refractivity contribution in [3.8, 4) is 0 Å². The molecule has 0 spiro atoms. The van der Waals surface area contributed by atoms with E-state index < -0.39 is 0 Å². The second-order valence-electron chi connectivity index (χ2n) is 4.98. The molecule has 1 aliphatic carbocycles. The fraction of sp³-hybridized carbons (Fsp3) is 0.538. The number of anilines is 2. The molecule has 0 unspecified atom stereocenters. The summed E-state index contributed by atoms with van der Waals surface area (Å²) < 4.78 is 0. The molecule has 0 aliphatic heterocycles. The first-order valence-electron chi connectivity index (χ1n) is 5.79. The minimum absolute atomic E-state index is 0.635. The molecule has 0 aromatic heterocycles. The highest BCUT2D eigenvalue weighted by Crippen LogP contribution is 2.32. The summed E-state index contributed by atoms with van der Waals surface area (Å²) in [5, 5.41) is 4.32. The number of nitrogens with one attached hydrogen (secondary N) is 1. The Labute approximate surface area is 103 Å². The highest BCUT2D eigenvalue weighted by atomic mass is 35.5. The van der Waals surface area contributed by atoms with Gasteiger partial charge in [-0.1, -0.05) is 18.5 Å². The number of rotatable bonds is 3. The van der Waals surface area contributed by atoms with E-state index in [9.17, 15) is 0 Å². The van der Waals surface area contributed by atoms with E-state index in [1.54, 1.807) is 0 Å². The monoisotopic (exact) mass is 238 g/mol. The van der Waals surface area contributed by atoms with E-state index in [2.05, 4.69) is 24.4 Å². The maximum atomic E-state index is 6.22. The van der Waals surface area contributed by atoms with Gasteiger partial charge in [0.2, 0.25) is 0 Å². The second-order valence-corrected chi connectivity index (χ2v) is 5.39. The highest BCUT2D eigenvalue weighted by molar-refractivity contribution is 6.33. The van der Waals surface area contributed by atoms with Crippen molar-refractivity contribution in [2.24, 2.45) is 5.92 Å². The van der Waals surface area contributed by atoms with Gasteiger partial charge in [-0.25, -0.2) is 0 Å². The van der Waals surface area contributed by atoms with E-state index in [0.717, 1.165) is 22.3 Å². The van der Waals surface area contributed by atoms with Gasteiger partial charge in [0.25, 0.3) is 0 Å². The third kappa shape index (κ3) is 2.43. The lowest BCUT2D eigenvalue weighted by Crippen LogP contribution is -2.33. The first-order chi connectivity index (χ1) is 7.56. The van der Waals surface area contributed by atoms with Gasteiger partial charge < -0.3 is 10.2 Å². The maximum absolute atomic E-state index is 6.22. The van der Waals surface area contributed by atoms with Gasteiger partial charge in [-0.2, -0.15) is 0 Å². The molecule has 1 N–H and O–H groups in total. The van der Waals surface area contributed by atoms with Gasteiger partial charge in [0, 0.05) is 25.8 Å². The smallest absolute Gasteiger partial charge is 0.0659 e. The van der Waals surface area contributed by atoms with Crippen molar-refractivity contribution in [1.82, 2.24) is 0 Å². The van der Waals surface area contributed by atoms with Crippen molar-refractivity contribution in [2.45, 2.75) is 25.8 Å². The molecular formula is C13H19ClN2. The van der Waals surface area contributed by atoms with Crippen LogP contribution < -0.4 is 10.2 Å². The van der Waals surface area contributed by atoms with Crippen molar-refractivity contribution in [1.29, 1.82) is 0 Å². The summed E-state index contributed by atoms with van der Waals surface area (Å²) in [4.78, 5) is 2.03. The Hall–Kier alpha value is -0.890. The Balaban J connectivity index is 2.03. The minimum atomic E-state index is 0.635. The summed E-state index contributed by atoms with van der Waals surface area (Å²) in [7, 11) is 4.00. The molecule has 0 saturated heterocycles. The van der Waals surface area contributed by atoms with Crippen LogP contribution in [0.25, 0.3) is 0 Å². The van der Waals surface area contributed by atoms with Gasteiger partial charge >= 0.3 is 0 Å². The summed E-state index contributed by atoms with van der Waals surface area (Å²) in [6.07, 6.45) is 2.54. The summed E-state index contributed by atoms with van der Waals surface area (Å²) in [6.45, 7) is 2.29. The van der Waals surface area contributed by atoms with Gasteiger partial charge in [-0.15, -0.1) is 0 Å². The predicted octanol–water partition coefficient (Wildman–Crippen LogP) is 3.62. The SMILES string of the molecule is CC1CC(Nc2ccc(N(C)C)c(Cl)c2)C1. The molecule has 0 bridgehead atoms. The first kappa shape index (κ1) is 11.6. The molecule has 16 heavy (non-hydrogen) atoms. The fourth-order valence-corrected chi connectivity index (χ4v) is 2.56. The van der Waals surface area contributed by atoms with E-state index in [-0.39, 0.29) is 0 Å². The number of hydrogen-bond donors (Lipinski definition) is 1. The van der Waals surface area contributed by atoms with Crippen molar-refractivity contribution >= 4 is 23.0 Å². The minimum Gasteiger partial charge on any atom is -0.382 e. The average Bonchev–Trinajstić information content (AvgIpc) is 2.15. The van der Waals surface area contributed by atoms with Gasteiger partial charge in [0.1, 0.15) is 0 Å². The van der Waals surface area contributed by atoms with Gasteiger partial charge in [-0.05, 0) is 37.0 Å². The van der Waals surface area contributed by atoms with E-state index in [0.29, 0.717) is 6.04 Å². The van der Waals surface area contributed by atoms with Crippen LogP contribution in [0.3, 0.4) is 0 Å². The van der Waals surface area contributed by atoms with Crippen LogP contribution >= 0.6 is 11.6 Å². The molecule has 88 valence electrons. The van der Waals surface area contributed by atoms with Crippen molar-refractivity contribution in [3.63, 3.8) is 0 Å². The third-order valence-electron chi connectivity index (χ3n) is 3.17. The molecule has 0 atom stereocenters. The van der Waals surface area contributed by atoms with Crippen LogP contribution in [-0.4, -0.2) is 20.1 Å². The molecule has 2 nitrogen and oxygen atoms in total. The molecule has 3 heteroatoms. The fourth-order valence-electron chi connectivity index (χ4n) is 2.22. The van der Waals surface area contributed by atoms with Crippen LogP contribution in [0.5, 0.6) is 0 Å². The second kappa shape index (κ2) is 4.54. The van der Waals surface area contributed by atoms with Crippen LogP contribution in [0.1, 0.15) is 19.8 Å². The number of nitrogens with zero attached hydrogens (tertiary/aromatic N) is 1. The molecule has 0 radical (unpaired) electrons. The predicted molar refractivity (Wildman–Crippen MR) is 71.6 cm³/mol. The van der Waals surface area contributed by atoms with Crippen molar-refractivity contribution in [2.75, 3.05) is 24.3 Å². The topological polar surface area (TPSA) is 15.3 Å². The van der Waals surface area contributed by atoms with Crippen LogP contribution in [0.4, 0.5) is 11.4 Å². The molecule has 0 heterocycles. The zero-order valence-electron chi connectivity index (χ0n) is 10.1. The molecule has 1 saturated carbocycles. The Kier molecular flexibility index (Phi) is 3.29. The summed E-state index contributed by atoms with van der Waals surface area (Å²) in [5.41, 5.74) is 2.20. The molecule has 0 amide bonds. The van der Waals surface area contributed by atoms with Gasteiger partial charge in [0.15, 0.2) is 0 Å². The van der Waals surface area contributed by atoms with Crippen LogP contribution in [0.15, 0.2) is 18.2 Å². The lowest BCUT2D eigenvalue weighted by molar-refractivity contribution is 0.309. The normalized spacial score (nSPS) is 23.8. The molecule has 1 aliphatic rings. The Morgan fingerprint density at radius 1 is 1.31 bits per heavy atom. The summed E-state index contributed by atoms with van der Waals surface area (Å²) >= 11 is 6.22. The average molecular weight is 239 g/mol. The van der Waals surface area contributed by atoms with Crippen LogP contribution in [-0.2, 0) is 0 Å². The number of benzene rings is 1. The largest absolute Gasteiger partial charge is 0.382 e. The molecule has 1 fully saturated rings. The lowest BCUT2D eigenvalue weighted by Gasteiger charge is -2.34.